The van der Waals surface area contributed by atoms with Crippen molar-refractivity contribution in [3.05, 3.63) is 34.1 Å². The van der Waals surface area contributed by atoms with Crippen molar-refractivity contribution in [2.75, 3.05) is 7.11 Å². The normalized spacial score (nSPS) is 13.7. The Morgan fingerprint density at radius 2 is 2.00 bits per heavy atom. The molecule has 0 heterocycles. The average Bonchev–Trinajstić information content (AvgIpc) is 2.38. The van der Waals surface area contributed by atoms with Gasteiger partial charge in [0.05, 0.1) is 10.1 Å². The standard InChI is InChI=1S/C14H21BrFNO/c1-4-14(5-2,18-3)12(17)9-10-7-6-8-11(16)13(10)15/h6-8,12H,4-5,9,17H2,1-3H3. The predicted octanol–water partition coefficient (Wildman–Crippen LogP) is 3.66. The molecule has 1 aromatic carbocycles. The SMILES string of the molecule is CCC(CC)(OC)C(N)Cc1cccc(F)c1Br. The van der Waals surface area contributed by atoms with Gasteiger partial charge in [-0.2, -0.15) is 0 Å². The topological polar surface area (TPSA) is 35.2 Å². The van der Waals surface area contributed by atoms with Gasteiger partial charge >= 0.3 is 0 Å². The number of rotatable bonds is 6. The minimum absolute atomic E-state index is 0.157. The molecular formula is C14H21BrFNO. The molecule has 18 heavy (non-hydrogen) atoms. The summed E-state index contributed by atoms with van der Waals surface area (Å²) in [6.45, 7) is 4.13. The molecule has 4 heteroatoms. The van der Waals surface area contributed by atoms with E-state index in [9.17, 15) is 4.39 Å². The van der Waals surface area contributed by atoms with Gasteiger partial charge in [-0.05, 0) is 46.8 Å². The maximum atomic E-state index is 13.5. The first-order valence-electron chi connectivity index (χ1n) is 6.24. The smallest absolute Gasteiger partial charge is 0.137 e. The van der Waals surface area contributed by atoms with Crippen LogP contribution in [-0.2, 0) is 11.2 Å². The number of hydrogen-bond donors (Lipinski definition) is 1. The van der Waals surface area contributed by atoms with Crippen molar-refractivity contribution in [1.29, 1.82) is 0 Å². The summed E-state index contributed by atoms with van der Waals surface area (Å²) in [4.78, 5) is 0. The van der Waals surface area contributed by atoms with E-state index in [4.69, 9.17) is 10.5 Å². The van der Waals surface area contributed by atoms with Crippen LogP contribution in [0.3, 0.4) is 0 Å². The molecule has 0 aliphatic carbocycles. The Hall–Kier alpha value is -0.450. The number of hydrogen-bond acceptors (Lipinski definition) is 2. The molecule has 1 atom stereocenters. The van der Waals surface area contributed by atoms with Crippen molar-refractivity contribution >= 4 is 15.9 Å². The zero-order valence-corrected chi connectivity index (χ0v) is 12.8. The van der Waals surface area contributed by atoms with Gasteiger partial charge in [-0.15, -0.1) is 0 Å². The van der Waals surface area contributed by atoms with Crippen LogP contribution in [0, 0.1) is 5.82 Å². The van der Waals surface area contributed by atoms with Gasteiger partial charge in [0.25, 0.3) is 0 Å². The molecule has 2 N–H and O–H groups in total. The van der Waals surface area contributed by atoms with Crippen LogP contribution in [0.2, 0.25) is 0 Å². The Morgan fingerprint density at radius 3 is 2.50 bits per heavy atom. The molecule has 0 saturated heterocycles. The van der Waals surface area contributed by atoms with Crippen molar-refractivity contribution < 1.29 is 9.13 Å². The molecular weight excluding hydrogens is 297 g/mol. The lowest BCUT2D eigenvalue weighted by Gasteiger charge is -2.36. The molecule has 102 valence electrons. The third kappa shape index (κ3) is 3.11. The lowest BCUT2D eigenvalue weighted by Crippen LogP contribution is -2.50. The van der Waals surface area contributed by atoms with E-state index < -0.39 is 0 Å². The van der Waals surface area contributed by atoms with Gasteiger partial charge in [-0.25, -0.2) is 4.39 Å². The van der Waals surface area contributed by atoms with Gasteiger partial charge in [-0.1, -0.05) is 26.0 Å². The Morgan fingerprint density at radius 1 is 1.39 bits per heavy atom. The summed E-state index contributed by atoms with van der Waals surface area (Å²) in [5.41, 5.74) is 6.81. The van der Waals surface area contributed by atoms with Crippen molar-refractivity contribution in [2.45, 2.75) is 44.8 Å². The van der Waals surface area contributed by atoms with Gasteiger partial charge < -0.3 is 10.5 Å². The lowest BCUT2D eigenvalue weighted by atomic mass is 9.85. The van der Waals surface area contributed by atoms with Crippen molar-refractivity contribution in [3.63, 3.8) is 0 Å². The first-order valence-corrected chi connectivity index (χ1v) is 7.03. The largest absolute Gasteiger partial charge is 0.377 e. The summed E-state index contributed by atoms with van der Waals surface area (Å²) in [6.07, 6.45) is 2.27. The van der Waals surface area contributed by atoms with Crippen LogP contribution in [0.15, 0.2) is 22.7 Å². The van der Waals surface area contributed by atoms with Gasteiger partial charge in [0.2, 0.25) is 0 Å². The quantitative estimate of drug-likeness (QED) is 0.869. The molecule has 0 aliphatic heterocycles. The molecule has 0 aromatic heterocycles. The second-order valence-electron chi connectivity index (χ2n) is 4.50. The van der Waals surface area contributed by atoms with E-state index >= 15 is 0 Å². The van der Waals surface area contributed by atoms with Crippen molar-refractivity contribution in [2.24, 2.45) is 5.73 Å². The van der Waals surface area contributed by atoms with Crippen LogP contribution in [0.5, 0.6) is 0 Å². The lowest BCUT2D eigenvalue weighted by molar-refractivity contribution is -0.0374. The number of methoxy groups -OCH3 is 1. The van der Waals surface area contributed by atoms with Crippen LogP contribution >= 0.6 is 15.9 Å². The highest BCUT2D eigenvalue weighted by atomic mass is 79.9. The molecule has 0 aliphatic rings. The predicted molar refractivity (Wildman–Crippen MR) is 76.1 cm³/mol. The maximum absolute atomic E-state index is 13.5. The average molecular weight is 318 g/mol. The molecule has 0 amide bonds. The van der Waals surface area contributed by atoms with Gasteiger partial charge in [0.15, 0.2) is 0 Å². The molecule has 0 fully saturated rings. The minimum Gasteiger partial charge on any atom is -0.377 e. The second-order valence-corrected chi connectivity index (χ2v) is 5.29. The zero-order valence-electron chi connectivity index (χ0n) is 11.2. The molecule has 0 saturated carbocycles. The molecule has 1 aromatic rings. The number of halogens is 2. The molecule has 1 unspecified atom stereocenters. The number of nitrogens with two attached hydrogens (primary N) is 1. The van der Waals surface area contributed by atoms with E-state index in [1.54, 1.807) is 13.2 Å². The van der Waals surface area contributed by atoms with Gasteiger partial charge in [0.1, 0.15) is 5.82 Å². The van der Waals surface area contributed by atoms with Gasteiger partial charge in [-0.3, -0.25) is 0 Å². The summed E-state index contributed by atoms with van der Waals surface area (Å²) in [6, 6.07) is 4.87. The Labute approximate surface area is 117 Å². The van der Waals surface area contributed by atoms with Crippen LogP contribution in [0.4, 0.5) is 4.39 Å². The Bertz CT molecular complexity index is 385. The molecule has 0 bridgehead atoms. The highest BCUT2D eigenvalue weighted by Crippen LogP contribution is 2.28. The van der Waals surface area contributed by atoms with E-state index in [2.05, 4.69) is 29.8 Å². The third-order valence-corrected chi connectivity index (χ3v) is 4.64. The molecule has 2 nitrogen and oxygen atoms in total. The van der Waals surface area contributed by atoms with Crippen LogP contribution < -0.4 is 5.73 Å². The van der Waals surface area contributed by atoms with E-state index in [1.165, 1.54) is 6.07 Å². The molecule has 1 rings (SSSR count). The van der Waals surface area contributed by atoms with E-state index in [0.29, 0.717) is 10.9 Å². The van der Waals surface area contributed by atoms with Crippen molar-refractivity contribution in [3.8, 4) is 0 Å². The van der Waals surface area contributed by atoms with Crippen LogP contribution in [-0.4, -0.2) is 18.8 Å². The maximum Gasteiger partial charge on any atom is 0.137 e. The Kier molecular flexibility index (Phi) is 5.76. The monoisotopic (exact) mass is 317 g/mol. The van der Waals surface area contributed by atoms with Crippen molar-refractivity contribution in [1.82, 2.24) is 0 Å². The van der Waals surface area contributed by atoms with E-state index in [0.717, 1.165) is 18.4 Å². The summed E-state index contributed by atoms with van der Waals surface area (Å²) < 4.78 is 19.6. The van der Waals surface area contributed by atoms with E-state index in [1.807, 2.05) is 6.07 Å². The second kappa shape index (κ2) is 6.64. The summed E-state index contributed by atoms with van der Waals surface area (Å²) in [5.74, 6) is -0.254. The fourth-order valence-electron chi connectivity index (χ4n) is 2.34. The minimum atomic E-state index is -0.342. The first-order chi connectivity index (χ1) is 8.50. The Balaban J connectivity index is 2.92. The molecule has 0 spiro atoms. The van der Waals surface area contributed by atoms with Gasteiger partial charge in [0, 0.05) is 13.2 Å². The zero-order chi connectivity index (χ0) is 13.8. The van der Waals surface area contributed by atoms with Crippen LogP contribution in [0.25, 0.3) is 0 Å². The highest BCUT2D eigenvalue weighted by molar-refractivity contribution is 9.10. The molecule has 0 radical (unpaired) electrons. The summed E-state index contributed by atoms with van der Waals surface area (Å²) >= 11 is 3.27. The fraction of sp³-hybridized carbons (Fsp3) is 0.571. The van der Waals surface area contributed by atoms with E-state index in [-0.39, 0.29) is 17.5 Å². The summed E-state index contributed by atoms with van der Waals surface area (Å²) in [7, 11) is 1.69. The third-order valence-electron chi connectivity index (χ3n) is 3.75. The fourth-order valence-corrected chi connectivity index (χ4v) is 2.77. The highest BCUT2D eigenvalue weighted by Gasteiger charge is 2.33. The number of ether oxygens (including phenoxy) is 1. The number of benzene rings is 1. The van der Waals surface area contributed by atoms with Crippen LogP contribution in [0.1, 0.15) is 32.3 Å². The summed E-state index contributed by atoms with van der Waals surface area (Å²) in [5, 5.41) is 0. The first kappa shape index (κ1) is 15.6.